The summed E-state index contributed by atoms with van der Waals surface area (Å²) >= 11 is 0. The zero-order valence-electron chi connectivity index (χ0n) is 21.2. The number of rotatable bonds is 11. The third-order valence-electron chi connectivity index (χ3n) is 7.03. The molecule has 1 unspecified atom stereocenters. The molecule has 0 aliphatic carbocycles. The summed E-state index contributed by atoms with van der Waals surface area (Å²) in [6, 6.07) is 12.4. The molecule has 2 fully saturated rings. The maximum absolute atomic E-state index is 13.1. The number of benzene rings is 2. The molecular formula is C25H35N3O8S2. The van der Waals surface area contributed by atoms with Gasteiger partial charge in [0.15, 0.2) is 0 Å². The van der Waals surface area contributed by atoms with Crippen molar-refractivity contribution < 1.29 is 36.5 Å². The molecule has 0 radical (unpaired) electrons. The highest BCUT2D eigenvalue weighted by atomic mass is 32.2. The normalized spacial score (nSPS) is 21.0. The van der Waals surface area contributed by atoms with Crippen LogP contribution in [0.3, 0.4) is 0 Å². The van der Waals surface area contributed by atoms with Gasteiger partial charge in [-0.3, -0.25) is 0 Å². The summed E-state index contributed by atoms with van der Waals surface area (Å²) in [7, 11) is -5.91. The second-order valence-electron chi connectivity index (χ2n) is 9.66. The van der Waals surface area contributed by atoms with Crippen molar-refractivity contribution in [3.05, 3.63) is 54.1 Å². The minimum Gasteiger partial charge on any atom is -0.491 e. The van der Waals surface area contributed by atoms with Gasteiger partial charge in [0.1, 0.15) is 18.5 Å². The zero-order chi connectivity index (χ0) is 27.4. The Morgan fingerprint density at radius 2 is 1.82 bits per heavy atom. The Morgan fingerprint density at radius 1 is 1.11 bits per heavy atom. The lowest BCUT2D eigenvalue weighted by Gasteiger charge is -2.38. The molecule has 13 heteroatoms. The topological polar surface area (TPSA) is 154 Å². The number of hydrogen-bond donors (Lipinski definition) is 4. The first kappa shape index (κ1) is 28.9. The molecule has 0 bridgehead atoms. The van der Waals surface area contributed by atoms with E-state index in [1.807, 2.05) is 0 Å². The molecule has 38 heavy (non-hydrogen) atoms. The molecule has 2 saturated heterocycles. The molecular weight excluding hydrogens is 534 g/mol. The second-order valence-corrected chi connectivity index (χ2v) is 13.5. The van der Waals surface area contributed by atoms with Gasteiger partial charge in [-0.05, 0) is 56.1 Å². The van der Waals surface area contributed by atoms with Crippen LogP contribution in [0.2, 0.25) is 0 Å². The maximum Gasteiger partial charge on any atom is 0.243 e. The lowest BCUT2D eigenvalue weighted by atomic mass is 9.88. The molecule has 2 aromatic rings. The van der Waals surface area contributed by atoms with Crippen molar-refractivity contribution in [2.24, 2.45) is 0 Å². The van der Waals surface area contributed by atoms with Crippen molar-refractivity contribution in [1.82, 2.24) is 14.3 Å². The molecule has 0 aromatic heterocycles. The van der Waals surface area contributed by atoms with E-state index in [9.17, 15) is 27.0 Å². The van der Waals surface area contributed by atoms with E-state index in [4.69, 9.17) is 9.47 Å². The van der Waals surface area contributed by atoms with E-state index in [0.717, 1.165) is 0 Å². The first-order valence-corrected chi connectivity index (χ1v) is 15.4. The number of aliphatic hydroxyl groups excluding tert-OH is 2. The summed E-state index contributed by atoms with van der Waals surface area (Å²) in [5, 5.41) is 23.0. The van der Waals surface area contributed by atoms with Gasteiger partial charge in [0.05, 0.1) is 28.6 Å². The van der Waals surface area contributed by atoms with E-state index in [-0.39, 0.29) is 35.6 Å². The fourth-order valence-electron chi connectivity index (χ4n) is 4.81. The molecule has 2 aliphatic rings. The predicted molar refractivity (Wildman–Crippen MR) is 140 cm³/mol. The van der Waals surface area contributed by atoms with Gasteiger partial charge in [0.25, 0.3) is 0 Å². The predicted octanol–water partition coefficient (Wildman–Crippen LogP) is 0.429. The van der Waals surface area contributed by atoms with Gasteiger partial charge in [-0.1, -0.05) is 18.2 Å². The number of ether oxygens (including phenoxy) is 2. The maximum atomic E-state index is 13.1. The SMILES string of the molecule is CNS(=O)(=O)c1cccc(OC[C@@H](O)CNC2COC3(CCN(S(=O)(=O)c4cccc(CO)c4)CC3)C2)c1. The first-order chi connectivity index (χ1) is 18.1. The van der Waals surface area contributed by atoms with Crippen LogP contribution >= 0.6 is 0 Å². The molecule has 2 atom stereocenters. The van der Waals surface area contributed by atoms with Crippen molar-refractivity contribution in [2.75, 3.05) is 39.9 Å². The van der Waals surface area contributed by atoms with Crippen LogP contribution in [0.25, 0.3) is 0 Å². The quantitative estimate of drug-likeness (QED) is 0.302. The minimum absolute atomic E-state index is 0.0122. The van der Waals surface area contributed by atoms with Gasteiger partial charge in [-0.2, -0.15) is 4.31 Å². The van der Waals surface area contributed by atoms with Crippen LogP contribution in [-0.2, 0) is 31.4 Å². The van der Waals surface area contributed by atoms with Crippen LogP contribution in [0.5, 0.6) is 5.75 Å². The van der Waals surface area contributed by atoms with Crippen molar-refractivity contribution in [2.45, 2.75) is 53.4 Å². The number of aliphatic hydroxyl groups is 2. The highest BCUT2D eigenvalue weighted by Gasteiger charge is 2.44. The van der Waals surface area contributed by atoms with Crippen molar-refractivity contribution in [1.29, 1.82) is 0 Å². The van der Waals surface area contributed by atoms with Gasteiger partial charge in [0.2, 0.25) is 20.0 Å². The second kappa shape index (κ2) is 12.0. The third-order valence-corrected chi connectivity index (χ3v) is 10.3. The van der Waals surface area contributed by atoms with Gasteiger partial charge in [0, 0.05) is 31.7 Å². The van der Waals surface area contributed by atoms with Crippen LogP contribution in [0.4, 0.5) is 0 Å². The Kier molecular flexibility index (Phi) is 9.10. The molecule has 210 valence electrons. The Bertz CT molecular complexity index is 1310. The zero-order valence-corrected chi connectivity index (χ0v) is 22.9. The van der Waals surface area contributed by atoms with Crippen molar-refractivity contribution in [3.63, 3.8) is 0 Å². The summed E-state index contributed by atoms with van der Waals surface area (Å²) in [6.45, 7) is 1.18. The smallest absolute Gasteiger partial charge is 0.243 e. The molecule has 2 aliphatic heterocycles. The van der Waals surface area contributed by atoms with E-state index < -0.39 is 31.8 Å². The minimum atomic E-state index is -3.65. The van der Waals surface area contributed by atoms with Crippen LogP contribution < -0.4 is 14.8 Å². The van der Waals surface area contributed by atoms with Crippen LogP contribution in [0, 0.1) is 0 Å². The molecule has 1 spiro atoms. The van der Waals surface area contributed by atoms with Crippen molar-refractivity contribution in [3.8, 4) is 5.75 Å². The van der Waals surface area contributed by atoms with E-state index >= 15 is 0 Å². The Hall–Kier alpha value is -2.10. The first-order valence-electron chi connectivity index (χ1n) is 12.5. The molecule has 2 aromatic carbocycles. The number of hydrogen-bond acceptors (Lipinski definition) is 9. The Balaban J connectivity index is 1.23. The largest absolute Gasteiger partial charge is 0.491 e. The average molecular weight is 570 g/mol. The fraction of sp³-hybridized carbons (Fsp3) is 0.520. The fourth-order valence-corrected chi connectivity index (χ4v) is 7.09. The van der Waals surface area contributed by atoms with Gasteiger partial charge < -0.3 is 25.0 Å². The van der Waals surface area contributed by atoms with E-state index in [1.165, 1.54) is 29.6 Å². The van der Waals surface area contributed by atoms with Gasteiger partial charge in [-0.25, -0.2) is 21.6 Å². The lowest BCUT2D eigenvalue weighted by molar-refractivity contribution is -0.0312. The number of nitrogens with zero attached hydrogens (tertiary/aromatic N) is 1. The van der Waals surface area contributed by atoms with Gasteiger partial charge >= 0.3 is 0 Å². The van der Waals surface area contributed by atoms with Crippen LogP contribution in [0.15, 0.2) is 58.3 Å². The van der Waals surface area contributed by atoms with Crippen molar-refractivity contribution >= 4 is 20.0 Å². The summed E-state index contributed by atoms with van der Waals surface area (Å²) in [5.41, 5.74) is 0.146. The highest BCUT2D eigenvalue weighted by Crippen LogP contribution is 2.37. The number of nitrogens with one attached hydrogen (secondary N) is 2. The highest BCUT2D eigenvalue weighted by molar-refractivity contribution is 7.89. The van der Waals surface area contributed by atoms with E-state index in [1.54, 1.807) is 30.3 Å². The molecule has 2 heterocycles. The molecule has 0 saturated carbocycles. The Labute approximate surface area is 223 Å². The third kappa shape index (κ3) is 6.72. The number of piperidine rings is 1. The monoisotopic (exact) mass is 569 g/mol. The number of sulfonamides is 2. The molecule has 0 amide bonds. The summed E-state index contributed by atoms with van der Waals surface area (Å²) in [6.07, 6.45) is 1.03. The average Bonchev–Trinajstić information content (AvgIpc) is 3.33. The summed E-state index contributed by atoms with van der Waals surface area (Å²) < 4.78 is 65.4. The van der Waals surface area contributed by atoms with Crippen LogP contribution in [0.1, 0.15) is 24.8 Å². The van der Waals surface area contributed by atoms with E-state index in [0.29, 0.717) is 50.3 Å². The van der Waals surface area contributed by atoms with E-state index in [2.05, 4.69) is 10.0 Å². The van der Waals surface area contributed by atoms with Gasteiger partial charge in [-0.15, -0.1) is 0 Å². The standard InChI is InChI=1S/C25H35N3O8S2/c1-26-37(31,32)23-6-3-5-22(13-23)35-18-21(30)15-27-20-14-25(36-17-20)8-10-28(11-9-25)38(33,34)24-7-2-4-19(12-24)16-29/h2-7,12-13,20-21,26-27,29-30H,8-11,14-18H2,1H3/t20?,21-/m0/s1. The molecule has 4 N–H and O–H groups in total. The molecule has 4 rings (SSSR count). The lowest BCUT2D eigenvalue weighted by Crippen LogP contribution is -2.47. The summed E-state index contributed by atoms with van der Waals surface area (Å²) in [4.78, 5) is 0.259. The molecule has 11 nitrogen and oxygen atoms in total. The van der Waals surface area contributed by atoms with Crippen LogP contribution in [-0.4, -0.2) is 89.0 Å². The Morgan fingerprint density at radius 3 is 2.53 bits per heavy atom. The summed E-state index contributed by atoms with van der Waals surface area (Å²) in [5.74, 6) is 0.341.